The van der Waals surface area contributed by atoms with Crippen LogP contribution in [0, 0.1) is 5.92 Å². The smallest absolute Gasteiger partial charge is 0.314 e. The van der Waals surface area contributed by atoms with E-state index in [-0.39, 0.29) is 11.9 Å². The van der Waals surface area contributed by atoms with E-state index >= 15 is 0 Å². The summed E-state index contributed by atoms with van der Waals surface area (Å²) < 4.78 is 16.0. The lowest BCUT2D eigenvalue weighted by molar-refractivity contribution is -0.138. The third-order valence-electron chi connectivity index (χ3n) is 3.15. The van der Waals surface area contributed by atoms with E-state index in [1.54, 1.807) is 14.2 Å². The number of methoxy groups -OCH3 is 2. The monoisotopic (exact) mass is 266 g/mol. The van der Waals surface area contributed by atoms with Crippen LogP contribution in [-0.4, -0.2) is 20.2 Å². The molecular weight excluding hydrogens is 244 g/mol. The lowest BCUT2D eigenvalue weighted by Crippen LogP contribution is -2.17. The molecule has 0 aliphatic heterocycles. The van der Waals surface area contributed by atoms with Crippen LogP contribution in [0.5, 0.6) is 17.2 Å². The molecule has 1 atom stereocenters. The van der Waals surface area contributed by atoms with E-state index in [9.17, 15) is 4.79 Å². The van der Waals surface area contributed by atoms with Gasteiger partial charge < -0.3 is 14.2 Å². The van der Waals surface area contributed by atoms with Gasteiger partial charge >= 0.3 is 5.97 Å². The minimum absolute atomic E-state index is 0.153. The van der Waals surface area contributed by atoms with E-state index in [0.29, 0.717) is 17.2 Å². The summed E-state index contributed by atoms with van der Waals surface area (Å²) in [6.45, 7) is 5.82. The summed E-state index contributed by atoms with van der Waals surface area (Å²) in [5.41, 5.74) is 1.07. The average Bonchev–Trinajstić information content (AvgIpc) is 2.45. The van der Waals surface area contributed by atoms with Gasteiger partial charge in [-0.25, -0.2) is 0 Å². The van der Waals surface area contributed by atoms with Gasteiger partial charge in [0.25, 0.3) is 0 Å². The van der Waals surface area contributed by atoms with E-state index in [1.165, 1.54) is 0 Å². The van der Waals surface area contributed by atoms with Crippen molar-refractivity contribution in [2.24, 2.45) is 5.92 Å². The Hall–Kier alpha value is -1.71. The lowest BCUT2D eigenvalue weighted by Gasteiger charge is -2.16. The van der Waals surface area contributed by atoms with Gasteiger partial charge in [0.05, 0.1) is 20.1 Å². The van der Waals surface area contributed by atoms with Crippen LogP contribution < -0.4 is 14.2 Å². The van der Waals surface area contributed by atoms with Gasteiger partial charge in [-0.2, -0.15) is 0 Å². The van der Waals surface area contributed by atoms with Crippen molar-refractivity contribution in [3.8, 4) is 17.2 Å². The molecule has 0 heterocycles. The second kappa shape index (κ2) is 7.02. The highest BCUT2D eigenvalue weighted by Crippen LogP contribution is 2.39. The molecule has 106 valence electrons. The van der Waals surface area contributed by atoms with Crippen LogP contribution in [0.3, 0.4) is 0 Å². The maximum absolute atomic E-state index is 11.9. The summed E-state index contributed by atoms with van der Waals surface area (Å²) in [6.07, 6.45) is 1.59. The van der Waals surface area contributed by atoms with Crippen molar-refractivity contribution in [1.82, 2.24) is 0 Å². The number of hydrogen-bond acceptors (Lipinski definition) is 4. The van der Waals surface area contributed by atoms with Crippen molar-refractivity contribution in [3.05, 3.63) is 17.7 Å². The first kappa shape index (κ1) is 15.3. The van der Waals surface area contributed by atoms with Crippen molar-refractivity contribution < 1.29 is 19.0 Å². The molecule has 19 heavy (non-hydrogen) atoms. The highest BCUT2D eigenvalue weighted by atomic mass is 16.6. The number of hydrogen-bond donors (Lipinski definition) is 0. The molecule has 0 amide bonds. The molecule has 0 bridgehead atoms. The highest BCUT2D eigenvalue weighted by molar-refractivity contribution is 5.76. The molecule has 0 saturated heterocycles. The summed E-state index contributed by atoms with van der Waals surface area (Å²) >= 11 is 0. The van der Waals surface area contributed by atoms with Crippen molar-refractivity contribution in [3.63, 3.8) is 0 Å². The molecule has 0 saturated carbocycles. The summed E-state index contributed by atoms with van der Waals surface area (Å²) in [7, 11) is 3.10. The fourth-order valence-corrected chi connectivity index (χ4v) is 1.61. The van der Waals surface area contributed by atoms with Gasteiger partial charge in [0.15, 0.2) is 11.5 Å². The molecule has 0 aliphatic rings. The van der Waals surface area contributed by atoms with Gasteiger partial charge in [-0.15, -0.1) is 0 Å². The third-order valence-corrected chi connectivity index (χ3v) is 3.15. The zero-order valence-electron chi connectivity index (χ0n) is 12.3. The number of carbonyl (C=O) groups excluding carboxylic acids is 1. The molecule has 0 spiro atoms. The Bertz CT molecular complexity index is 415. The van der Waals surface area contributed by atoms with Crippen molar-refractivity contribution in [2.45, 2.75) is 33.6 Å². The first-order valence-corrected chi connectivity index (χ1v) is 6.53. The molecule has 0 N–H and O–H groups in total. The Morgan fingerprint density at radius 1 is 1.16 bits per heavy atom. The van der Waals surface area contributed by atoms with Gasteiger partial charge in [0.2, 0.25) is 5.75 Å². The minimum atomic E-state index is -0.275. The second-order valence-corrected chi connectivity index (χ2v) is 4.41. The predicted molar refractivity (Wildman–Crippen MR) is 74.0 cm³/mol. The standard InChI is InChI=1S/C15H22O4/c1-6-10(3)15(16)19-14-12(17-4)8-11(7-2)9-13(14)18-5/h8-10H,6-7H2,1-5H3. The maximum Gasteiger partial charge on any atom is 0.314 e. The largest absolute Gasteiger partial charge is 0.493 e. The maximum atomic E-state index is 11.9. The number of ether oxygens (including phenoxy) is 3. The third kappa shape index (κ3) is 3.63. The second-order valence-electron chi connectivity index (χ2n) is 4.41. The molecule has 4 heteroatoms. The van der Waals surface area contributed by atoms with Crippen LogP contribution >= 0.6 is 0 Å². The van der Waals surface area contributed by atoms with Crippen LogP contribution in [0.1, 0.15) is 32.8 Å². The quantitative estimate of drug-likeness (QED) is 0.586. The van der Waals surface area contributed by atoms with E-state index < -0.39 is 0 Å². The van der Waals surface area contributed by atoms with E-state index in [1.807, 2.05) is 32.9 Å². The molecular formula is C15H22O4. The van der Waals surface area contributed by atoms with Crippen LogP contribution in [0.2, 0.25) is 0 Å². The fraction of sp³-hybridized carbons (Fsp3) is 0.533. The number of rotatable bonds is 6. The molecule has 1 unspecified atom stereocenters. The minimum Gasteiger partial charge on any atom is -0.493 e. The van der Waals surface area contributed by atoms with Gasteiger partial charge in [0, 0.05) is 0 Å². The van der Waals surface area contributed by atoms with Crippen molar-refractivity contribution in [1.29, 1.82) is 0 Å². The first-order valence-electron chi connectivity index (χ1n) is 6.53. The predicted octanol–water partition coefficient (Wildman–Crippen LogP) is 3.22. The number of aryl methyl sites for hydroxylation is 1. The molecule has 4 nitrogen and oxygen atoms in total. The molecule has 1 aromatic carbocycles. The van der Waals surface area contributed by atoms with Crippen LogP contribution in [-0.2, 0) is 11.2 Å². The Labute approximate surface area is 114 Å². The molecule has 1 rings (SSSR count). The van der Waals surface area contributed by atoms with Gasteiger partial charge in [-0.05, 0) is 30.5 Å². The molecule has 0 aliphatic carbocycles. The normalized spacial score (nSPS) is 11.8. The van der Waals surface area contributed by atoms with E-state index in [2.05, 4.69) is 0 Å². The van der Waals surface area contributed by atoms with E-state index in [0.717, 1.165) is 18.4 Å². The van der Waals surface area contributed by atoms with E-state index in [4.69, 9.17) is 14.2 Å². The molecule has 0 aromatic heterocycles. The Morgan fingerprint density at radius 2 is 1.68 bits per heavy atom. The van der Waals surface area contributed by atoms with Gasteiger partial charge in [-0.1, -0.05) is 20.8 Å². The topological polar surface area (TPSA) is 44.8 Å². The molecule has 0 radical (unpaired) electrons. The van der Waals surface area contributed by atoms with Crippen molar-refractivity contribution >= 4 is 5.97 Å². The highest BCUT2D eigenvalue weighted by Gasteiger charge is 2.20. The van der Waals surface area contributed by atoms with Crippen LogP contribution in [0.25, 0.3) is 0 Å². The van der Waals surface area contributed by atoms with Crippen LogP contribution in [0.15, 0.2) is 12.1 Å². The molecule has 0 fully saturated rings. The number of carbonyl (C=O) groups is 1. The fourth-order valence-electron chi connectivity index (χ4n) is 1.61. The average molecular weight is 266 g/mol. The zero-order chi connectivity index (χ0) is 14.4. The Balaban J connectivity index is 3.13. The summed E-state index contributed by atoms with van der Waals surface area (Å²) in [6, 6.07) is 3.73. The van der Waals surface area contributed by atoms with Gasteiger partial charge in [-0.3, -0.25) is 4.79 Å². The number of esters is 1. The SMILES string of the molecule is CCc1cc(OC)c(OC(=O)C(C)CC)c(OC)c1. The molecule has 1 aromatic rings. The lowest BCUT2D eigenvalue weighted by atomic mass is 10.1. The Kier molecular flexibility index (Phi) is 5.67. The van der Waals surface area contributed by atoms with Crippen LogP contribution in [0.4, 0.5) is 0 Å². The first-order chi connectivity index (χ1) is 9.07. The zero-order valence-corrected chi connectivity index (χ0v) is 12.3. The summed E-state index contributed by atoms with van der Waals surface area (Å²) in [5.74, 6) is 0.969. The van der Waals surface area contributed by atoms with Gasteiger partial charge in [0.1, 0.15) is 0 Å². The van der Waals surface area contributed by atoms with Crippen molar-refractivity contribution in [2.75, 3.05) is 14.2 Å². The Morgan fingerprint density at radius 3 is 2.05 bits per heavy atom. The summed E-state index contributed by atoms with van der Waals surface area (Å²) in [5, 5.41) is 0. The number of benzene rings is 1. The summed E-state index contributed by atoms with van der Waals surface area (Å²) in [4.78, 5) is 11.9.